The Morgan fingerprint density at radius 2 is 2.24 bits per heavy atom. The van der Waals surface area contributed by atoms with Gasteiger partial charge in [0, 0.05) is 27.2 Å². The van der Waals surface area contributed by atoms with Gasteiger partial charge in [-0.1, -0.05) is 19.9 Å². The highest BCUT2D eigenvalue weighted by Crippen LogP contribution is 2.32. The zero-order chi connectivity index (χ0) is 12.3. The molecule has 94 valence electrons. The molecule has 1 aliphatic carbocycles. The molecule has 0 heterocycles. The number of rotatable bonds is 6. The molecule has 1 unspecified atom stereocenters. The van der Waals surface area contributed by atoms with Gasteiger partial charge in [0.15, 0.2) is 0 Å². The lowest BCUT2D eigenvalue weighted by Gasteiger charge is -2.11. The summed E-state index contributed by atoms with van der Waals surface area (Å²) < 4.78 is 1.23. The fraction of sp³-hybridized carbons (Fsp3) is 0.571. The number of benzene rings is 1. The molecule has 1 atom stereocenters. The third kappa shape index (κ3) is 4.31. The molecule has 3 heteroatoms. The molecule has 1 aromatic carbocycles. The van der Waals surface area contributed by atoms with Crippen molar-refractivity contribution in [3.05, 3.63) is 28.2 Å². The maximum atomic E-state index is 3.68. The van der Waals surface area contributed by atoms with E-state index in [-0.39, 0.29) is 0 Å². The molecule has 1 aliphatic rings. The van der Waals surface area contributed by atoms with Gasteiger partial charge < -0.3 is 5.32 Å². The van der Waals surface area contributed by atoms with Crippen molar-refractivity contribution >= 4 is 27.7 Å². The first kappa shape index (κ1) is 13.4. The van der Waals surface area contributed by atoms with Crippen LogP contribution in [0.1, 0.15) is 38.7 Å². The Kier molecular flexibility index (Phi) is 4.95. The molecule has 0 aromatic heterocycles. The van der Waals surface area contributed by atoms with Crippen LogP contribution in [0, 0.1) is 0 Å². The minimum absolute atomic E-state index is 0.682. The van der Waals surface area contributed by atoms with Crippen LogP contribution in [0.5, 0.6) is 0 Å². The summed E-state index contributed by atoms with van der Waals surface area (Å²) in [5, 5.41) is 4.23. The van der Waals surface area contributed by atoms with E-state index in [4.69, 9.17) is 0 Å². The number of hydrogen-bond donors (Lipinski definition) is 1. The molecule has 17 heavy (non-hydrogen) atoms. The zero-order valence-electron chi connectivity index (χ0n) is 10.5. The topological polar surface area (TPSA) is 12.0 Å². The molecule has 0 amide bonds. The number of hydrogen-bond acceptors (Lipinski definition) is 2. The highest BCUT2D eigenvalue weighted by Gasteiger charge is 2.20. The molecule has 0 saturated heterocycles. The third-order valence-electron chi connectivity index (χ3n) is 3.07. The van der Waals surface area contributed by atoms with Gasteiger partial charge in [-0.2, -0.15) is 0 Å². The second-order valence-electron chi connectivity index (χ2n) is 4.76. The Bertz CT molecular complexity index is 376. The molecule has 0 bridgehead atoms. The standard InChI is InChI=1S/C14H20BrNS/c1-3-10(2)17-14-7-4-11(8-13(14)15)9-16-12-5-6-12/h4,7-8,10,12,16H,3,5-6,9H2,1-2H3. The molecule has 1 aromatic rings. The average Bonchev–Trinajstić information content (AvgIpc) is 3.13. The van der Waals surface area contributed by atoms with Crippen molar-refractivity contribution < 1.29 is 0 Å². The summed E-state index contributed by atoms with van der Waals surface area (Å²) >= 11 is 5.63. The van der Waals surface area contributed by atoms with E-state index < -0.39 is 0 Å². The van der Waals surface area contributed by atoms with Crippen LogP contribution in [-0.4, -0.2) is 11.3 Å². The van der Waals surface area contributed by atoms with E-state index in [9.17, 15) is 0 Å². The molecule has 1 fully saturated rings. The average molecular weight is 314 g/mol. The van der Waals surface area contributed by atoms with Crippen LogP contribution in [0.15, 0.2) is 27.6 Å². The minimum Gasteiger partial charge on any atom is -0.310 e. The van der Waals surface area contributed by atoms with Crippen molar-refractivity contribution in [3.8, 4) is 0 Å². The van der Waals surface area contributed by atoms with Crippen molar-refractivity contribution in [3.63, 3.8) is 0 Å². The number of halogens is 1. The minimum atomic E-state index is 0.682. The molecule has 2 rings (SSSR count). The van der Waals surface area contributed by atoms with Gasteiger partial charge in [0.25, 0.3) is 0 Å². The second kappa shape index (κ2) is 6.26. The molecule has 0 spiro atoms. The fourth-order valence-electron chi connectivity index (χ4n) is 1.60. The van der Waals surface area contributed by atoms with Gasteiger partial charge in [0.2, 0.25) is 0 Å². The van der Waals surface area contributed by atoms with E-state index in [2.05, 4.69) is 53.3 Å². The summed E-state index contributed by atoms with van der Waals surface area (Å²) in [6, 6.07) is 7.51. The monoisotopic (exact) mass is 313 g/mol. The Labute approximate surface area is 117 Å². The Balaban J connectivity index is 1.94. The molecular formula is C14H20BrNS. The summed E-state index contributed by atoms with van der Waals surface area (Å²) in [7, 11) is 0. The van der Waals surface area contributed by atoms with E-state index >= 15 is 0 Å². The maximum absolute atomic E-state index is 3.68. The van der Waals surface area contributed by atoms with E-state index in [1.165, 1.54) is 34.2 Å². The van der Waals surface area contributed by atoms with Crippen LogP contribution in [-0.2, 0) is 6.54 Å². The van der Waals surface area contributed by atoms with Crippen LogP contribution in [0.25, 0.3) is 0 Å². The van der Waals surface area contributed by atoms with E-state index in [0.717, 1.165) is 12.6 Å². The molecule has 1 N–H and O–H groups in total. The molecule has 1 saturated carbocycles. The largest absolute Gasteiger partial charge is 0.310 e. The van der Waals surface area contributed by atoms with E-state index in [1.54, 1.807) is 0 Å². The molecule has 1 nitrogen and oxygen atoms in total. The van der Waals surface area contributed by atoms with Crippen LogP contribution in [0.4, 0.5) is 0 Å². The Hall–Kier alpha value is 0.01000. The lowest BCUT2D eigenvalue weighted by molar-refractivity contribution is 0.687. The van der Waals surface area contributed by atoms with Gasteiger partial charge in [-0.15, -0.1) is 11.8 Å². The lowest BCUT2D eigenvalue weighted by atomic mass is 10.2. The Morgan fingerprint density at radius 1 is 1.47 bits per heavy atom. The van der Waals surface area contributed by atoms with Crippen LogP contribution < -0.4 is 5.32 Å². The second-order valence-corrected chi connectivity index (χ2v) is 7.09. The first-order valence-electron chi connectivity index (χ1n) is 6.37. The van der Waals surface area contributed by atoms with Crippen LogP contribution in [0.2, 0.25) is 0 Å². The molecular weight excluding hydrogens is 294 g/mol. The van der Waals surface area contributed by atoms with Gasteiger partial charge in [-0.05, 0) is 52.9 Å². The summed E-state index contributed by atoms with van der Waals surface area (Å²) in [5.74, 6) is 0. The smallest absolute Gasteiger partial charge is 0.0314 e. The van der Waals surface area contributed by atoms with Crippen molar-refractivity contribution in [1.82, 2.24) is 5.32 Å². The first-order chi connectivity index (χ1) is 8.19. The Morgan fingerprint density at radius 3 is 2.82 bits per heavy atom. The predicted octanol–water partition coefficient (Wildman–Crippen LogP) is 4.59. The van der Waals surface area contributed by atoms with E-state index in [0.29, 0.717) is 5.25 Å². The summed E-state index contributed by atoms with van der Waals surface area (Å²) in [6.45, 7) is 5.51. The molecule has 0 radical (unpaired) electrons. The van der Waals surface area contributed by atoms with Gasteiger partial charge in [0.05, 0.1) is 0 Å². The van der Waals surface area contributed by atoms with Gasteiger partial charge >= 0.3 is 0 Å². The van der Waals surface area contributed by atoms with Gasteiger partial charge in [0.1, 0.15) is 0 Å². The fourth-order valence-corrected chi connectivity index (χ4v) is 3.22. The van der Waals surface area contributed by atoms with E-state index in [1.807, 2.05) is 11.8 Å². The number of nitrogens with one attached hydrogen (secondary N) is 1. The van der Waals surface area contributed by atoms with Crippen molar-refractivity contribution in [2.24, 2.45) is 0 Å². The quantitative estimate of drug-likeness (QED) is 0.771. The maximum Gasteiger partial charge on any atom is 0.0314 e. The van der Waals surface area contributed by atoms with Gasteiger partial charge in [-0.25, -0.2) is 0 Å². The highest BCUT2D eigenvalue weighted by atomic mass is 79.9. The van der Waals surface area contributed by atoms with Gasteiger partial charge in [-0.3, -0.25) is 0 Å². The summed E-state index contributed by atoms with van der Waals surface area (Å²) in [6.07, 6.45) is 3.91. The van der Waals surface area contributed by atoms with Crippen LogP contribution >= 0.6 is 27.7 Å². The van der Waals surface area contributed by atoms with Crippen molar-refractivity contribution in [1.29, 1.82) is 0 Å². The first-order valence-corrected chi connectivity index (χ1v) is 8.04. The number of thioether (sulfide) groups is 1. The summed E-state index contributed by atoms with van der Waals surface area (Å²) in [4.78, 5) is 1.36. The lowest BCUT2D eigenvalue weighted by Crippen LogP contribution is -2.15. The normalized spacial score (nSPS) is 17.1. The van der Waals surface area contributed by atoms with Crippen molar-refractivity contribution in [2.75, 3.05) is 0 Å². The SMILES string of the molecule is CCC(C)Sc1ccc(CNC2CC2)cc1Br. The zero-order valence-corrected chi connectivity index (χ0v) is 12.9. The predicted molar refractivity (Wildman–Crippen MR) is 79.6 cm³/mol. The molecule has 0 aliphatic heterocycles. The third-order valence-corrected chi connectivity index (χ3v) is 5.34. The highest BCUT2D eigenvalue weighted by molar-refractivity contribution is 9.10. The van der Waals surface area contributed by atoms with Crippen molar-refractivity contribution in [2.45, 2.75) is 55.8 Å². The summed E-state index contributed by atoms with van der Waals surface area (Å²) in [5.41, 5.74) is 1.37. The van der Waals surface area contributed by atoms with Crippen LogP contribution in [0.3, 0.4) is 0 Å².